The minimum absolute atomic E-state index is 0. The number of aliphatic imine (C=N–C) groups is 1. The zero-order valence-electron chi connectivity index (χ0n) is 15.0. The van der Waals surface area contributed by atoms with Gasteiger partial charge >= 0.3 is 0 Å². The topological polar surface area (TPSA) is 54.9 Å². The van der Waals surface area contributed by atoms with Gasteiger partial charge in [-0.05, 0) is 29.8 Å². The molecule has 0 saturated heterocycles. The van der Waals surface area contributed by atoms with Crippen LogP contribution in [0.3, 0.4) is 0 Å². The number of hydrogen-bond acceptors (Lipinski definition) is 3. The monoisotopic (exact) mass is 473 g/mol. The maximum absolute atomic E-state index is 13.2. The normalized spacial score (nSPS) is 10.8. The maximum atomic E-state index is 13.2. The van der Waals surface area contributed by atoms with E-state index in [9.17, 15) is 4.39 Å². The molecule has 0 aliphatic rings. The Morgan fingerprint density at radius 3 is 2.65 bits per heavy atom. The van der Waals surface area contributed by atoms with Gasteiger partial charge in [0.2, 0.25) is 0 Å². The van der Waals surface area contributed by atoms with Crippen LogP contribution in [-0.4, -0.2) is 33.3 Å². The van der Waals surface area contributed by atoms with Crippen LogP contribution in [0, 0.1) is 5.82 Å². The molecule has 0 aliphatic heterocycles. The third-order valence-corrected chi connectivity index (χ3v) is 3.43. The predicted octanol–water partition coefficient (Wildman–Crippen LogP) is 4.05. The lowest BCUT2D eigenvalue weighted by Gasteiger charge is -2.13. The van der Waals surface area contributed by atoms with E-state index in [4.69, 9.17) is 9.47 Å². The Bertz CT molecular complexity index is 698. The molecule has 142 valence electrons. The summed E-state index contributed by atoms with van der Waals surface area (Å²) in [5, 5.41) is 6.35. The van der Waals surface area contributed by atoms with E-state index in [0.29, 0.717) is 25.7 Å². The van der Waals surface area contributed by atoms with E-state index in [1.54, 1.807) is 20.2 Å². The smallest absolute Gasteiger partial charge is 0.195 e. The Kier molecular flexibility index (Phi) is 10.6. The molecule has 2 aromatic rings. The number of hydrogen-bond donors (Lipinski definition) is 2. The molecule has 0 atom stereocenters. The summed E-state index contributed by atoms with van der Waals surface area (Å²) in [4.78, 5) is 4.18. The van der Waals surface area contributed by atoms with Crippen LogP contribution in [-0.2, 0) is 11.3 Å². The van der Waals surface area contributed by atoms with Crippen molar-refractivity contribution in [2.75, 3.05) is 32.7 Å². The number of nitrogens with one attached hydrogen (secondary N) is 2. The Labute approximate surface area is 171 Å². The molecular weight excluding hydrogens is 448 g/mol. The van der Waals surface area contributed by atoms with Gasteiger partial charge < -0.3 is 20.1 Å². The number of halogens is 2. The van der Waals surface area contributed by atoms with Gasteiger partial charge in [0.05, 0.1) is 6.61 Å². The molecule has 2 rings (SSSR count). The van der Waals surface area contributed by atoms with E-state index in [-0.39, 0.29) is 29.8 Å². The molecule has 0 bridgehead atoms. The summed E-state index contributed by atoms with van der Waals surface area (Å²) in [6.45, 7) is 1.75. The second-order valence-electron chi connectivity index (χ2n) is 5.40. The molecule has 2 N–H and O–H groups in total. The van der Waals surface area contributed by atoms with Crippen molar-refractivity contribution >= 4 is 35.6 Å². The maximum Gasteiger partial charge on any atom is 0.195 e. The number of benzene rings is 2. The highest BCUT2D eigenvalue weighted by molar-refractivity contribution is 14.0. The van der Waals surface area contributed by atoms with Crippen LogP contribution in [0.2, 0.25) is 0 Å². The van der Waals surface area contributed by atoms with E-state index >= 15 is 0 Å². The van der Waals surface area contributed by atoms with Gasteiger partial charge in [-0.3, -0.25) is 4.99 Å². The average Bonchev–Trinajstić information content (AvgIpc) is 2.63. The zero-order chi connectivity index (χ0) is 17.9. The molecule has 0 unspecified atom stereocenters. The molecule has 0 radical (unpaired) electrons. The molecule has 0 fully saturated rings. The van der Waals surface area contributed by atoms with E-state index in [1.807, 2.05) is 30.3 Å². The summed E-state index contributed by atoms with van der Waals surface area (Å²) >= 11 is 0. The number of methoxy groups -OCH3 is 1. The molecule has 0 spiro atoms. The van der Waals surface area contributed by atoms with Crippen molar-refractivity contribution in [1.82, 2.24) is 5.32 Å². The van der Waals surface area contributed by atoms with Gasteiger partial charge in [-0.15, -0.1) is 24.0 Å². The van der Waals surface area contributed by atoms with Crippen LogP contribution in [0.1, 0.15) is 12.0 Å². The third kappa shape index (κ3) is 8.01. The summed E-state index contributed by atoms with van der Waals surface area (Å²) in [6, 6.07) is 14.1. The van der Waals surface area contributed by atoms with Crippen molar-refractivity contribution in [3.8, 4) is 5.75 Å². The van der Waals surface area contributed by atoms with Crippen molar-refractivity contribution in [2.24, 2.45) is 4.99 Å². The highest BCUT2D eigenvalue weighted by atomic mass is 127. The molecule has 0 heterocycles. The Hall–Kier alpha value is -1.87. The van der Waals surface area contributed by atoms with Crippen molar-refractivity contribution < 1.29 is 13.9 Å². The molecule has 0 aromatic heterocycles. The van der Waals surface area contributed by atoms with Gasteiger partial charge in [0.25, 0.3) is 0 Å². The second kappa shape index (κ2) is 12.5. The second-order valence-corrected chi connectivity index (χ2v) is 5.40. The fourth-order valence-corrected chi connectivity index (χ4v) is 2.21. The highest BCUT2D eigenvalue weighted by Gasteiger charge is 2.02. The van der Waals surface area contributed by atoms with Crippen LogP contribution >= 0.6 is 24.0 Å². The molecule has 5 nitrogen and oxygen atoms in total. The van der Waals surface area contributed by atoms with Crippen molar-refractivity contribution in [2.45, 2.75) is 13.0 Å². The molecule has 7 heteroatoms. The summed E-state index contributed by atoms with van der Waals surface area (Å²) in [5.41, 5.74) is 1.70. The number of anilines is 1. The van der Waals surface area contributed by atoms with Crippen LogP contribution < -0.4 is 15.4 Å². The lowest BCUT2D eigenvalue weighted by Crippen LogP contribution is -2.30. The first-order valence-corrected chi connectivity index (χ1v) is 8.15. The first-order valence-electron chi connectivity index (χ1n) is 8.15. The van der Waals surface area contributed by atoms with Crippen LogP contribution in [0.4, 0.5) is 10.1 Å². The summed E-state index contributed by atoms with van der Waals surface area (Å²) in [6.07, 6.45) is 0.838. The average molecular weight is 473 g/mol. The summed E-state index contributed by atoms with van der Waals surface area (Å²) < 4.78 is 23.9. The van der Waals surface area contributed by atoms with Gasteiger partial charge in [-0.1, -0.05) is 18.2 Å². The van der Waals surface area contributed by atoms with Crippen molar-refractivity contribution in [1.29, 1.82) is 0 Å². The number of rotatable bonds is 8. The minimum Gasteiger partial charge on any atom is -0.493 e. The molecule has 0 saturated carbocycles. The Morgan fingerprint density at radius 1 is 1.12 bits per heavy atom. The SMILES string of the molecule is CN=C(NCc1cccc(F)c1)Nc1cccc(OCCCOC)c1.I. The standard InChI is InChI=1S/C19H24FN3O2.HI/c1-21-19(22-14-15-6-3-7-16(20)12-15)23-17-8-4-9-18(13-17)25-11-5-10-24-2;/h3-4,6-9,12-13H,5,10-11,14H2,1-2H3,(H2,21,22,23);1H. The Morgan fingerprint density at radius 2 is 1.92 bits per heavy atom. The first kappa shape index (κ1) is 22.2. The van der Waals surface area contributed by atoms with Crippen LogP contribution in [0.5, 0.6) is 5.75 Å². The zero-order valence-corrected chi connectivity index (χ0v) is 17.3. The largest absolute Gasteiger partial charge is 0.493 e. The molecular formula is C19H25FIN3O2. The van der Waals surface area contributed by atoms with Crippen molar-refractivity contribution in [3.05, 3.63) is 59.9 Å². The Balaban J connectivity index is 0.00000338. The molecule has 2 aromatic carbocycles. The fraction of sp³-hybridized carbons (Fsp3) is 0.316. The van der Waals surface area contributed by atoms with Gasteiger partial charge in [0.15, 0.2) is 5.96 Å². The van der Waals surface area contributed by atoms with Crippen LogP contribution in [0.25, 0.3) is 0 Å². The molecule has 26 heavy (non-hydrogen) atoms. The van der Waals surface area contributed by atoms with E-state index < -0.39 is 0 Å². The van der Waals surface area contributed by atoms with Gasteiger partial charge in [-0.25, -0.2) is 4.39 Å². The molecule has 0 amide bonds. The minimum atomic E-state index is -0.249. The third-order valence-electron chi connectivity index (χ3n) is 3.43. The van der Waals surface area contributed by atoms with Gasteiger partial charge in [0, 0.05) is 45.5 Å². The van der Waals surface area contributed by atoms with Gasteiger partial charge in [0.1, 0.15) is 11.6 Å². The fourth-order valence-electron chi connectivity index (χ4n) is 2.21. The number of nitrogens with zero attached hydrogens (tertiary/aromatic N) is 1. The quantitative estimate of drug-likeness (QED) is 0.263. The number of ether oxygens (including phenoxy) is 2. The van der Waals surface area contributed by atoms with Crippen molar-refractivity contribution in [3.63, 3.8) is 0 Å². The van der Waals surface area contributed by atoms with Crippen LogP contribution in [0.15, 0.2) is 53.5 Å². The predicted molar refractivity (Wildman–Crippen MR) is 114 cm³/mol. The highest BCUT2D eigenvalue weighted by Crippen LogP contribution is 2.17. The van der Waals surface area contributed by atoms with E-state index in [2.05, 4.69) is 15.6 Å². The summed E-state index contributed by atoms with van der Waals surface area (Å²) in [7, 11) is 3.36. The summed E-state index contributed by atoms with van der Waals surface area (Å²) in [5.74, 6) is 1.13. The van der Waals surface area contributed by atoms with Gasteiger partial charge in [-0.2, -0.15) is 0 Å². The lowest BCUT2D eigenvalue weighted by molar-refractivity contribution is 0.172. The van der Waals surface area contributed by atoms with E-state index in [0.717, 1.165) is 23.4 Å². The van der Waals surface area contributed by atoms with E-state index in [1.165, 1.54) is 12.1 Å². The first-order chi connectivity index (χ1) is 12.2. The number of guanidine groups is 1. The molecule has 0 aliphatic carbocycles. The lowest BCUT2D eigenvalue weighted by atomic mass is 10.2.